The SMILES string of the molecule is Cc1ccc(C(=O)CCC(=O)Nc2ccc(N3CCCC3)nc2)cc1. The molecule has 2 heterocycles. The van der Waals surface area contributed by atoms with Crippen LogP contribution in [0.1, 0.15) is 41.6 Å². The fourth-order valence-electron chi connectivity index (χ4n) is 2.93. The molecule has 1 saturated heterocycles. The second-order valence-corrected chi connectivity index (χ2v) is 6.44. The van der Waals surface area contributed by atoms with Crippen LogP contribution in [0.25, 0.3) is 0 Å². The molecule has 1 amide bonds. The maximum atomic E-state index is 12.1. The van der Waals surface area contributed by atoms with Crippen molar-refractivity contribution in [2.45, 2.75) is 32.6 Å². The summed E-state index contributed by atoms with van der Waals surface area (Å²) in [6.45, 7) is 4.06. The highest BCUT2D eigenvalue weighted by atomic mass is 16.2. The Hall–Kier alpha value is -2.69. The normalized spacial score (nSPS) is 13.7. The number of ketones is 1. The molecule has 1 N–H and O–H groups in total. The Balaban J connectivity index is 1.48. The van der Waals surface area contributed by atoms with Gasteiger partial charge in [-0.2, -0.15) is 0 Å². The monoisotopic (exact) mass is 337 g/mol. The molecule has 0 atom stereocenters. The van der Waals surface area contributed by atoms with Crippen molar-refractivity contribution in [1.82, 2.24) is 4.98 Å². The third-order valence-corrected chi connectivity index (χ3v) is 4.41. The van der Waals surface area contributed by atoms with Gasteiger partial charge in [0.15, 0.2) is 5.78 Å². The van der Waals surface area contributed by atoms with E-state index in [1.807, 2.05) is 31.2 Å². The third-order valence-electron chi connectivity index (χ3n) is 4.41. The van der Waals surface area contributed by atoms with Crippen LogP contribution in [-0.2, 0) is 4.79 Å². The highest BCUT2D eigenvalue weighted by Gasteiger charge is 2.14. The van der Waals surface area contributed by atoms with E-state index in [-0.39, 0.29) is 24.5 Å². The van der Waals surface area contributed by atoms with Gasteiger partial charge in [-0.25, -0.2) is 4.98 Å². The average molecular weight is 337 g/mol. The standard InChI is InChI=1S/C20H23N3O2/c1-15-4-6-16(7-5-15)18(24)9-11-20(25)22-17-8-10-19(21-14-17)23-12-2-3-13-23/h4-8,10,14H,2-3,9,11-13H2,1H3,(H,22,25). The molecule has 5 heteroatoms. The number of aromatic nitrogens is 1. The molecule has 3 rings (SSSR count). The number of aryl methyl sites for hydroxylation is 1. The molecule has 1 aromatic carbocycles. The smallest absolute Gasteiger partial charge is 0.224 e. The van der Waals surface area contributed by atoms with Crippen molar-refractivity contribution in [2.75, 3.05) is 23.3 Å². The molecule has 25 heavy (non-hydrogen) atoms. The van der Waals surface area contributed by atoms with Gasteiger partial charge in [0.1, 0.15) is 5.82 Å². The number of benzene rings is 1. The molecular weight excluding hydrogens is 314 g/mol. The molecule has 0 unspecified atom stereocenters. The van der Waals surface area contributed by atoms with E-state index in [2.05, 4.69) is 15.2 Å². The summed E-state index contributed by atoms with van der Waals surface area (Å²) in [4.78, 5) is 30.8. The van der Waals surface area contributed by atoms with Crippen LogP contribution in [0.5, 0.6) is 0 Å². The van der Waals surface area contributed by atoms with Crippen LogP contribution in [0.15, 0.2) is 42.6 Å². The lowest BCUT2D eigenvalue weighted by molar-refractivity contribution is -0.116. The van der Waals surface area contributed by atoms with E-state index in [1.54, 1.807) is 18.3 Å². The van der Waals surface area contributed by atoms with Crippen molar-refractivity contribution < 1.29 is 9.59 Å². The first-order valence-corrected chi connectivity index (χ1v) is 8.72. The fraction of sp³-hybridized carbons (Fsp3) is 0.350. The number of rotatable bonds is 6. The summed E-state index contributed by atoms with van der Waals surface area (Å²) < 4.78 is 0. The number of amides is 1. The van der Waals surface area contributed by atoms with Crippen molar-refractivity contribution in [3.05, 3.63) is 53.7 Å². The molecular formula is C20H23N3O2. The number of carbonyl (C=O) groups excluding carboxylic acids is 2. The Bertz CT molecular complexity index is 733. The average Bonchev–Trinajstić information content (AvgIpc) is 3.15. The molecule has 0 spiro atoms. The predicted molar refractivity (Wildman–Crippen MR) is 99.1 cm³/mol. The van der Waals surface area contributed by atoms with E-state index >= 15 is 0 Å². The summed E-state index contributed by atoms with van der Waals surface area (Å²) in [5, 5.41) is 2.80. The van der Waals surface area contributed by atoms with Crippen LogP contribution in [-0.4, -0.2) is 29.8 Å². The second kappa shape index (κ2) is 7.92. The zero-order valence-corrected chi connectivity index (χ0v) is 14.5. The topological polar surface area (TPSA) is 62.3 Å². The molecule has 5 nitrogen and oxygen atoms in total. The number of anilines is 2. The van der Waals surface area contributed by atoms with Crippen LogP contribution in [0.2, 0.25) is 0 Å². The lowest BCUT2D eigenvalue weighted by Gasteiger charge is -2.16. The number of hydrogen-bond acceptors (Lipinski definition) is 4. The number of nitrogens with zero attached hydrogens (tertiary/aromatic N) is 2. The maximum absolute atomic E-state index is 12.1. The van der Waals surface area contributed by atoms with Crippen LogP contribution in [0.3, 0.4) is 0 Å². The number of hydrogen-bond donors (Lipinski definition) is 1. The zero-order chi connectivity index (χ0) is 17.6. The van der Waals surface area contributed by atoms with E-state index in [0.717, 1.165) is 24.5 Å². The molecule has 1 aliphatic rings. The Labute approximate surface area is 148 Å². The molecule has 1 fully saturated rings. The fourth-order valence-corrected chi connectivity index (χ4v) is 2.93. The van der Waals surface area contributed by atoms with Gasteiger partial charge in [-0.1, -0.05) is 29.8 Å². The molecule has 0 radical (unpaired) electrons. The quantitative estimate of drug-likeness (QED) is 0.818. The van der Waals surface area contributed by atoms with Crippen molar-refractivity contribution in [2.24, 2.45) is 0 Å². The first-order valence-electron chi connectivity index (χ1n) is 8.72. The molecule has 2 aromatic rings. The van der Waals surface area contributed by atoms with Crippen molar-refractivity contribution in [3.63, 3.8) is 0 Å². The molecule has 0 bridgehead atoms. The lowest BCUT2D eigenvalue weighted by atomic mass is 10.0. The minimum atomic E-state index is -0.170. The first kappa shape index (κ1) is 17.1. The van der Waals surface area contributed by atoms with Crippen LogP contribution < -0.4 is 10.2 Å². The van der Waals surface area contributed by atoms with Gasteiger partial charge in [0.05, 0.1) is 11.9 Å². The Kier molecular flexibility index (Phi) is 5.43. The largest absolute Gasteiger partial charge is 0.357 e. The van der Waals surface area contributed by atoms with Gasteiger partial charge < -0.3 is 10.2 Å². The van der Waals surface area contributed by atoms with Crippen LogP contribution >= 0.6 is 0 Å². The summed E-state index contributed by atoms with van der Waals surface area (Å²) in [5.74, 6) is 0.763. The first-order chi connectivity index (χ1) is 12.1. The minimum absolute atomic E-state index is 0.0161. The molecule has 130 valence electrons. The second-order valence-electron chi connectivity index (χ2n) is 6.44. The number of nitrogens with one attached hydrogen (secondary N) is 1. The van der Waals surface area contributed by atoms with Crippen molar-refractivity contribution >= 4 is 23.2 Å². The molecule has 1 aromatic heterocycles. The third kappa shape index (κ3) is 4.66. The predicted octanol–water partition coefficient (Wildman–Crippen LogP) is 3.59. The highest BCUT2D eigenvalue weighted by Crippen LogP contribution is 2.19. The van der Waals surface area contributed by atoms with Gasteiger partial charge in [-0.15, -0.1) is 0 Å². The molecule has 0 saturated carbocycles. The zero-order valence-electron chi connectivity index (χ0n) is 14.5. The lowest BCUT2D eigenvalue weighted by Crippen LogP contribution is -2.19. The van der Waals surface area contributed by atoms with Crippen LogP contribution in [0.4, 0.5) is 11.5 Å². The summed E-state index contributed by atoms with van der Waals surface area (Å²) in [7, 11) is 0. The summed E-state index contributed by atoms with van der Waals surface area (Å²) in [6.07, 6.45) is 4.45. The van der Waals surface area contributed by atoms with Gasteiger partial charge >= 0.3 is 0 Å². The number of pyridine rings is 1. The van der Waals surface area contributed by atoms with E-state index in [4.69, 9.17) is 0 Å². The molecule has 0 aliphatic carbocycles. The summed E-state index contributed by atoms with van der Waals surface area (Å²) >= 11 is 0. The van der Waals surface area contributed by atoms with Gasteiger partial charge in [-0.05, 0) is 31.9 Å². The van der Waals surface area contributed by atoms with E-state index in [1.165, 1.54) is 12.8 Å². The van der Waals surface area contributed by atoms with Crippen molar-refractivity contribution in [3.8, 4) is 0 Å². The summed E-state index contributed by atoms with van der Waals surface area (Å²) in [6, 6.07) is 11.2. The van der Waals surface area contributed by atoms with E-state index < -0.39 is 0 Å². The Morgan fingerprint density at radius 1 is 1.04 bits per heavy atom. The Morgan fingerprint density at radius 2 is 1.76 bits per heavy atom. The van der Waals surface area contributed by atoms with E-state index in [9.17, 15) is 9.59 Å². The highest BCUT2D eigenvalue weighted by molar-refractivity contribution is 6.00. The summed E-state index contributed by atoms with van der Waals surface area (Å²) in [5.41, 5.74) is 2.42. The minimum Gasteiger partial charge on any atom is -0.357 e. The molecule has 1 aliphatic heterocycles. The van der Waals surface area contributed by atoms with Gasteiger partial charge in [0, 0.05) is 31.5 Å². The Morgan fingerprint density at radius 3 is 2.40 bits per heavy atom. The van der Waals surface area contributed by atoms with Gasteiger partial charge in [-0.3, -0.25) is 9.59 Å². The van der Waals surface area contributed by atoms with E-state index in [0.29, 0.717) is 11.3 Å². The van der Waals surface area contributed by atoms with Gasteiger partial charge in [0.2, 0.25) is 5.91 Å². The number of carbonyl (C=O) groups is 2. The van der Waals surface area contributed by atoms with Gasteiger partial charge in [0.25, 0.3) is 0 Å². The number of Topliss-reactive ketones (excluding diaryl/α,β-unsaturated/α-hetero) is 1. The maximum Gasteiger partial charge on any atom is 0.224 e. The van der Waals surface area contributed by atoms with Crippen LogP contribution in [0, 0.1) is 6.92 Å². The van der Waals surface area contributed by atoms with Crippen molar-refractivity contribution in [1.29, 1.82) is 0 Å².